The third-order valence-electron chi connectivity index (χ3n) is 3.93. The largest absolute Gasteiger partial charge is 0.396 e. The van der Waals surface area contributed by atoms with Crippen molar-refractivity contribution >= 4 is 5.91 Å². The molecule has 94 valence electrons. The van der Waals surface area contributed by atoms with Crippen molar-refractivity contribution in [2.24, 2.45) is 17.1 Å². The van der Waals surface area contributed by atoms with Crippen LogP contribution in [-0.2, 0) is 4.79 Å². The molecular formula is C12H24N2O2. The molecule has 0 aliphatic heterocycles. The Labute approximate surface area is 97.6 Å². The second kappa shape index (κ2) is 5.64. The lowest BCUT2D eigenvalue weighted by molar-refractivity contribution is -0.131. The Morgan fingerprint density at radius 3 is 2.44 bits per heavy atom. The van der Waals surface area contributed by atoms with Gasteiger partial charge >= 0.3 is 0 Å². The summed E-state index contributed by atoms with van der Waals surface area (Å²) in [5, 5.41) is 12.0. The van der Waals surface area contributed by atoms with Crippen molar-refractivity contribution in [1.82, 2.24) is 5.32 Å². The smallest absolute Gasteiger partial charge is 0.227 e. The average molecular weight is 228 g/mol. The second-order valence-corrected chi connectivity index (χ2v) is 5.11. The van der Waals surface area contributed by atoms with Crippen LogP contribution in [0.3, 0.4) is 0 Å². The first kappa shape index (κ1) is 13.5. The molecule has 4 heteroatoms. The lowest BCUT2D eigenvalue weighted by Gasteiger charge is -2.29. The summed E-state index contributed by atoms with van der Waals surface area (Å²) in [5.74, 6) is 0.153. The van der Waals surface area contributed by atoms with Gasteiger partial charge in [0.2, 0.25) is 5.91 Å². The number of rotatable bonds is 5. The van der Waals surface area contributed by atoms with E-state index >= 15 is 0 Å². The fraction of sp³-hybridized carbons (Fsp3) is 0.917. The lowest BCUT2D eigenvalue weighted by Crippen LogP contribution is -2.49. The first-order valence-electron chi connectivity index (χ1n) is 6.17. The van der Waals surface area contributed by atoms with Crippen molar-refractivity contribution in [3.8, 4) is 0 Å². The normalized spacial score (nSPS) is 22.8. The molecule has 0 heterocycles. The molecule has 16 heavy (non-hydrogen) atoms. The van der Waals surface area contributed by atoms with Crippen LogP contribution in [-0.4, -0.2) is 30.2 Å². The molecule has 2 unspecified atom stereocenters. The molecule has 0 aromatic rings. The van der Waals surface area contributed by atoms with Crippen molar-refractivity contribution in [2.75, 3.05) is 13.2 Å². The summed E-state index contributed by atoms with van der Waals surface area (Å²) in [6.07, 6.45) is 3.98. The first-order valence-corrected chi connectivity index (χ1v) is 6.17. The van der Waals surface area contributed by atoms with Gasteiger partial charge < -0.3 is 16.2 Å². The number of nitrogens with two attached hydrogens (primary N) is 1. The van der Waals surface area contributed by atoms with Crippen molar-refractivity contribution in [3.05, 3.63) is 0 Å². The summed E-state index contributed by atoms with van der Waals surface area (Å²) in [7, 11) is 0. The van der Waals surface area contributed by atoms with E-state index in [-0.39, 0.29) is 29.9 Å². The highest BCUT2D eigenvalue weighted by atomic mass is 16.3. The van der Waals surface area contributed by atoms with Gasteiger partial charge in [-0.25, -0.2) is 0 Å². The van der Waals surface area contributed by atoms with Gasteiger partial charge in [0, 0.05) is 19.2 Å². The SMILES string of the molecule is CC(CO)C(C)NC(=O)C1(CN)CCCC1. The second-order valence-electron chi connectivity index (χ2n) is 5.11. The Kier molecular flexibility index (Phi) is 4.74. The summed E-state index contributed by atoms with van der Waals surface area (Å²) >= 11 is 0. The molecule has 0 aromatic heterocycles. The van der Waals surface area contributed by atoms with Gasteiger partial charge in [-0.1, -0.05) is 19.8 Å². The van der Waals surface area contributed by atoms with Crippen LogP contribution >= 0.6 is 0 Å². The molecular weight excluding hydrogens is 204 g/mol. The molecule has 0 aromatic carbocycles. The molecule has 0 radical (unpaired) electrons. The molecule has 0 saturated heterocycles. The number of amides is 1. The minimum atomic E-state index is -0.344. The number of carbonyl (C=O) groups is 1. The van der Waals surface area contributed by atoms with E-state index < -0.39 is 0 Å². The van der Waals surface area contributed by atoms with Gasteiger partial charge in [0.1, 0.15) is 0 Å². The summed E-state index contributed by atoms with van der Waals surface area (Å²) < 4.78 is 0. The molecule has 1 saturated carbocycles. The van der Waals surface area contributed by atoms with Gasteiger partial charge in [0.25, 0.3) is 0 Å². The van der Waals surface area contributed by atoms with Crippen LogP contribution in [0, 0.1) is 11.3 Å². The van der Waals surface area contributed by atoms with Crippen LogP contribution in [0.25, 0.3) is 0 Å². The fourth-order valence-electron chi connectivity index (χ4n) is 2.24. The molecule has 4 nitrogen and oxygen atoms in total. The van der Waals surface area contributed by atoms with Gasteiger partial charge in [-0.15, -0.1) is 0 Å². The Bertz CT molecular complexity index is 237. The van der Waals surface area contributed by atoms with E-state index in [1.807, 2.05) is 13.8 Å². The highest BCUT2D eigenvalue weighted by Crippen LogP contribution is 2.37. The minimum absolute atomic E-state index is 0.00141. The summed E-state index contributed by atoms with van der Waals surface area (Å²) in [6.45, 7) is 4.38. The molecule has 1 fully saturated rings. The van der Waals surface area contributed by atoms with Gasteiger partial charge in [-0.2, -0.15) is 0 Å². The van der Waals surface area contributed by atoms with Crippen molar-refractivity contribution in [3.63, 3.8) is 0 Å². The van der Waals surface area contributed by atoms with Crippen LogP contribution in [0.2, 0.25) is 0 Å². The Hall–Kier alpha value is -0.610. The molecule has 1 aliphatic carbocycles. The van der Waals surface area contributed by atoms with Gasteiger partial charge in [-0.3, -0.25) is 4.79 Å². The maximum atomic E-state index is 12.2. The quantitative estimate of drug-likeness (QED) is 0.646. The lowest BCUT2D eigenvalue weighted by atomic mass is 9.84. The molecule has 1 amide bonds. The average Bonchev–Trinajstić information content (AvgIpc) is 2.77. The predicted octanol–water partition coefficient (Wildman–Crippen LogP) is 0.639. The zero-order valence-corrected chi connectivity index (χ0v) is 10.3. The zero-order chi connectivity index (χ0) is 12.2. The number of hydrogen-bond acceptors (Lipinski definition) is 3. The third-order valence-corrected chi connectivity index (χ3v) is 3.93. The first-order chi connectivity index (χ1) is 7.55. The van der Waals surface area contributed by atoms with Crippen LogP contribution in [0.5, 0.6) is 0 Å². The molecule has 0 spiro atoms. The van der Waals surface area contributed by atoms with Gasteiger partial charge in [0.05, 0.1) is 5.41 Å². The van der Waals surface area contributed by atoms with E-state index in [0.29, 0.717) is 6.54 Å². The molecule has 2 atom stereocenters. The van der Waals surface area contributed by atoms with E-state index in [4.69, 9.17) is 10.8 Å². The number of carbonyl (C=O) groups excluding carboxylic acids is 1. The predicted molar refractivity (Wildman–Crippen MR) is 63.8 cm³/mol. The maximum absolute atomic E-state index is 12.2. The molecule has 0 bridgehead atoms. The standard InChI is InChI=1S/C12H24N2O2/c1-9(7-15)10(2)14-11(16)12(8-13)5-3-4-6-12/h9-10,15H,3-8,13H2,1-2H3,(H,14,16). The minimum Gasteiger partial charge on any atom is -0.396 e. The van der Waals surface area contributed by atoms with Crippen molar-refractivity contribution < 1.29 is 9.90 Å². The van der Waals surface area contributed by atoms with Crippen LogP contribution in [0.1, 0.15) is 39.5 Å². The summed E-state index contributed by atoms with van der Waals surface area (Å²) in [6, 6.07) is 0.00141. The monoisotopic (exact) mass is 228 g/mol. The Morgan fingerprint density at radius 2 is 2.00 bits per heavy atom. The molecule has 1 aliphatic rings. The summed E-state index contributed by atoms with van der Waals surface area (Å²) in [5.41, 5.74) is 5.40. The maximum Gasteiger partial charge on any atom is 0.227 e. The van der Waals surface area contributed by atoms with E-state index in [9.17, 15) is 4.79 Å². The van der Waals surface area contributed by atoms with Gasteiger partial charge in [0.15, 0.2) is 0 Å². The van der Waals surface area contributed by atoms with Crippen LogP contribution in [0.15, 0.2) is 0 Å². The van der Waals surface area contributed by atoms with E-state index in [0.717, 1.165) is 25.7 Å². The van der Waals surface area contributed by atoms with Crippen LogP contribution < -0.4 is 11.1 Å². The zero-order valence-electron chi connectivity index (χ0n) is 10.3. The topological polar surface area (TPSA) is 75.3 Å². The molecule has 1 rings (SSSR count). The Morgan fingerprint density at radius 1 is 1.44 bits per heavy atom. The highest BCUT2D eigenvalue weighted by Gasteiger charge is 2.40. The highest BCUT2D eigenvalue weighted by molar-refractivity contribution is 5.83. The van der Waals surface area contributed by atoms with E-state index in [2.05, 4.69) is 5.32 Å². The molecule has 4 N–H and O–H groups in total. The number of aliphatic hydroxyl groups is 1. The summed E-state index contributed by atoms with van der Waals surface area (Å²) in [4.78, 5) is 12.2. The van der Waals surface area contributed by atoms with E-state index in [1.54, 1.807) is 0 Å². The van der Waals surface area contributed by atoms with Crippen molar-refractivity contribution in [1.29, 1.82) is 0 Å². The fourth-order valence-corrected chi connectivity index (χ4v) is 2.24. The van der Waals surface area contributed by atoms with E-state index in [1.165, 1.54) is 0 Å². The number of nitrogens with one attached hydrogen (secondary N) is 1. The van der Waals surface area contributed by atoms with Gasteiger partial charge in [-0.05, 0) is 25.7 Å². The number of hydrogen-bond donors (Lipinski definition) is 3. The number of aliphatic hydroxyl groups excluding tert-OH is 1. The third kappa shape index (κ3) is 2.74. The van der Waals surface area contributed by atoms with Crippen LogP contribution in [0.4, 0.5) is 0 Å². The Balaban J connectivity index is 2.56. The van der Waals surface area contributed by atoms with Crippen molar-refractivity contribution in [2.45, 2.75) is 45.6 Å².